The zero-order chi connectivity index (χ0) is 22.0. The summed E-state index contributed by atoms with van der Waals surface area (Å²) in [6.07, 6.45) is 17.4. The van der Waals surface area contributed by atoms with Gasteiger partial charge in [0.25, 0.3) is 0 Å². The van der Waals surface area contributed by atoms with Crippen molar-refractivity contribution in [3.8, 4) is 0 Å². The normalized spacial score (nSPS) is 29.0. The monoisotopic (exact) mass is 420 g/mol. The van der Waals surface area contributed by atoms with Crippen molar-refractivity contribution < 1.29 is 19.4 Å². The molecule has 0 unspecified atom stereocenters. The van der Waals surface area contributed by atoms with Gasteiger partial charge in [0.15, 0.2) is 0 Å². The highest BCUT2D eigenvalue weighted by atomic mass is 16.5. The van der Waals surface area contributed by atoms with Crippen molar-refractivity contribution in [3.63, 3.8) is 0 Å². The summed E-state index contributed by atoms with van der Waals surface area (Å²) in [6, 6.07) is 0. The molecule has 0 spiro atoms. The minimum atomic E-state index is -0.539. The number of fused-ring (bicyclic) bond motifs is 1. The van der Waals surface area contributed by atoms with Crippen LogP contribution in [0.15, 0.2) is 12.2 Å². The van der Waals surface area contributed by atoms with Gasteiger partial charge in [0.2, 0.25) is 0 Å². The fourth-order valence-corrected chi connectivity index (χ4v) is 5.45. The molecule has 0 saturated heterocycles. The fraction of sp³-hybridized carbons (Fsp3) is 0.846. The number of allylic oxidation sites excluding steroid dienone is 2. The first-order chi connectivity index (χ1) is 14.3. The van der Waals surface area contributed by atoms with Crippen LogP contribution in [-0.2, 0) is 14.3 Å². The Kier molecular flexibility index (Phi) is 10.6. The van der Waals surface area contributed by atoms with Crippen LogP contribution in [0.3, 0.4) is 0 Å². The molecule has 30 heavy (non-hydrogen) atoms. The smallest absolute Gasteiger partial charge is 0.306 e. The molecule has 0 bridgehead atoms. The minimum absolute atomic E-state index is 0.0522. The molecule has 4 atom stereocenters. The van der Waals surface area contributed by atoms with Crippen LogP contribution in [0.1, 0.15) is 111 Å². The third-order valence-electron chi connectivity index (χ3n) is 7.01. The third-order valence-corrected chi connectivity index (χ3v) is 7.01. The average molecular weight is 421 g/mol. The molecule has 172 valence electrons. The minimum Gasteiger partial charge on any atom is -0.463 e. The number of Topliss-reactive ketones (excluding diaryl/α,β-unsaturated/α-hetero) is 1. The molecule has 0 amide bonds. The molecule has 4 nitrogen and oxygen atoms in total. The zero-order valence-corrected chi connectivity index (χ0v) is 19.5. The first-order valence-corrected chi connectivity index (χ1v) is 12.4. The maximum absolute atomic E-state index is 12.6. The van der Waals surface area contributed by atoms with Crippen LogP contribution in [0.4, 0.5) is 0 Å². The van der Waals surface area contributed by atoms with Crippen LogP contribution < -0.4 is 0 Å². The van der Waals surface area contributed by atoms with Crippen LogP contribution in [-0.4, -0.2) is 28.6 Å². The first kappa shape index (κ1) is 25.1. The maximum Gasteiger partial charge on any atom is 0.306 e. The summed E-state index contributed by atoms with van der Waals surface area (Å²) in [5, 5.41) is 11.1. The number of hydrogen-bond acceptors (Lipinski definition) is 4. The summed E-state index contributed by atoms with van der Waals surface area (Å²) in [5.41, 5.74) is -0.539. The van der Waals surface area contributed by atoms with Crippen LogP contribution in [0, 0.1) is 17.8 Å². The van der Waals surface area contributed by atoms with E-state index in [9.17, 15) is 14.7 Å². The molecule has 0 aromatic carbocycles. The van der Waals surface area contributed by atoms with Crippen LogP contribution in [0.25, 0.3) is 0 Å². The van der Waals surface area contributed by atoms with Crippen molar-refractivity contribution in [2.75, 3.05) is 0 Å². The highest BCUT2D eigenvalue weighted by Crippen LogP contribution is 2.49. The molecular weight excluding hydrogens is 376 g/mol. The van der Waals surface area contributed by atoms with Gasteiger partial charge in [0.1, 0.15) is 5.78 Å². The summed E-state index contributed by atoms with van der Waals surface area (Å²) >= 11 is 0. The topological polar surface area (TPSA) is 63.6 Å². The number of ether oxygens (including phenoxy) is 1. The van der Waals surface area contributed by atoms with Gasteiger partial charge < -0.3 is 9.84 Å². The third kappa shape index (κ3) is 8.17. The van der Waals surface area contributed by atoms with E-state index in [0.29, 0.717) is 30.5 Å². The van der Waals surface area contributed by atoms with E-state index in [-0.39, 0.29) is 18.0 Å². The van der Waals surface area contributed by atoms with E-state index in [4.69, 9.17) is 4.74 Å². The van der Waals surface area contributed by atoms with Crippen LogP contribution in [0.5, 0.6) is 0 Å². The number of aliphatic hydroxyl groups is 1. The largest absolute Gasteiger partial charge is 0.463 e. The summed E-state index contributed by atoms with van der Waals surface area (Å²) in [5.74, 6) is 1.21. The Morgan fingerprint density at radius 3 is 2.70 bits per heavy atom. The molecule has 2 aliphatic carbocycles. The van der Waals surface area contributed by atoms with E-state index in [1.807, 2.05) is 13.8 Å². The highest BCUT2D eigenvalue weighted by Gasteiger charge is 2.48. The lowest BCUT2D eigenvalue weighted by molar-refractivity contribution is -0.147. The van der Waals surface area contributed by atoms with Gasteiger partial charge >= 0.3 is 5.97 Å². The van der Waals surface area contributed by atoms with Gasteiger partial charge in [-0.3, -0.25) is 9.59 Å². The Morgan fingerprint density at radius 2 is 1.97 bits per heavy atom. The summed E-state index contributed by atoms with van der Waals surface area (Å²) in [7, 11) is 0. The molecule has 2 rings (SSSR count). The molecule has 0 radical (unpaired) electrons. The number of unbranched alkanes of at least 4 members (excludes halogenated alkanes) is 5. The second kappa shape index (κ2) is 12.6. The van der Waals surface area contributed by atoms with Gasteiger partial charge in [-0.05, 0) is 70.6 Å². The van der Waals surface area contributed by atoms with Gasteiger partial charge in [0, 0.05) is 18.8 Å². The van der Waals surface area contributed by atoms with Crippen LogP contribution >= 0.6 is 0 Å². The lowest BCUT2D eigenvalue weighted by Gasteiger charge is -2.40. The van der Waals surface area contributed by atoms with Gasteiger partial charge in [-0.15, -0.1) is 0 Å². The maximum atomic E-state index is 12.6. The van der Waals surface area contributed by atoms with E-state index >= 15 is 0 Å². The SMILES string of the molecule is CCCCCCC[C@@]1(O)CC[C@H]2[C@H](CC(=O)[C@@H]2CC=CCCCC(=O)OC(C)C)C1. The Hall–Kier alpha value is -1.16. The van der Waals surface area contributed by atoms with E-state index in [0.717, 1.165) is 51.4 Å². The zero-order valence-electron chi connectivity index (χ0n) is 19.5. The number of carbonyl (C=O) groups is 2. The molecule has 0 aliphatic heterocycles. The molecule has 0 aromatic heterocycles. The van der Waals surface area contributed by atoms with E-state index < -0.39 is 5.60 Å². The lowest BCUT2D eigenvalue weighted by atomic mass is 9.69. The second-order valence-corrected chi connectivity index (χ2v) is 9.97. The number of carbonyl (C=O) groups excluding carboxylic acids is 2. The summed E-state index contributed by atoms with van der Waals surface area (Å²) < 4.78 is 5.14. The predicted molar refractivity (Wildman–Crippen MR) is 121 cm³/mol. The highest BCUT2D eigenvalue weighted by molar-refractivity contribution is 5.84. The van der Waals surface area contributed by atoms with Gasteiger partial charge in [0.05, 0.1) is 11.7 Å². The summed E-state index contributed by atoms with van der Waals surface area (Å²) in [6.45, 7) is 5.95. The molecular formula is C26H44O4. The average Bonchev–Trinajstić information content (AvgIpc) is 2.97. The van der Waals surface area contributed by atoms with Gasteiger partial charge in [-0.2, -0.15) is 0 Å². The standard InChI is InChI=1S/C26H44O4/c1-4-5-6-9-12-16-26(29)17-15-22-21(19-26)18-24(27)23(22)13-10-7-8-11-14-25(28)30-20(2)3/h7,10,20-23,29H,4-6,8-9,11-19H2,1-3H3/t21-,22+,23-,26-/m1/s1. The number of esters is 1. The number of hydrogen-bond donors (Lipinski definition) is 1. The number of rotatable bonds is 13. The van der Waals surface area contributed by atoms with Crippen molar-refractivity contribution in [2.45, 2.75) is 122 Å². The van der Waals surface area contributed by atoms with Gasteiger partial charge in [-0.1, -0.05) is 51.2 Å². The van der Waals surface area contributed by atoms with Crippen molar-refractivity contribution >= 4 is 11.8 Å². The van der Waals surface area contributed by atoms with Crippen molar-refractivity contribution in [2.24, 2.45) is 17.8 Å². The summed E-state index contributed by atoms with van der Waals surface area (Å²) in [4.78, 5) is 24.2. The Labute approximate surface area is 183 Å². The molecule has 2 aliphatic rings. The Morgan fingerprint density at radius 1 is 1.20 bits per heavy atom. The van der Waals surface area contributed by atoms with Crippen molar-refractivity contribution in [1.82, 2.24) is 0 Å². The van der Waals surface area contributed by atoms with E-state index in [1.54, 1.807) is 0 Å². The Balaban J connectivity index is 1.70. The second-order valence-electron chi connectivity index (χ2n) is 9.97. The Bertz CT molecular complexity index is 567. The quantitative estimate of drug-likeness (QED) is 0.220. The van der Waals surface area contributed by atoms with Crippen LogP contribution in [0.2, 0.25) is 0 Å². The van der Waals surface area contributed by atoms with Gasteiger partial charge in [-0.25, -0.2) is 0 Å². The molecule has 0 heterocycles. The molecule has 2 fully saturated rings. The predicted octanol–water partition coefficient (Wildman–Crippen LogP) is 6.15. The molecule has 4 heteroatoms. The van der Waals surface area contributed by atoms with E-state index in [1.165, 1.54) is 25.7 Å². The fourth-order valence-electron chi connectivity index (χ4n) is 5.45. The van der Waals surface area contributed by atoms with E-state index in [2.05, 4.69) is 19.1 Å². The molecule has 0 aromatic rings. The van der Waals surface area contributed by atoms with Crippen molar-refractivity contribution in [1.29, 1.82) is 0 Å². The molecule has 2 saturated carbocycles. The molecule has 1 N–H and O–H groups in total. The first-order valence-electron chi connectivity index (χ1n) is 12.4. The number of ketones is 1. The lowest BCUT2D eigenvalue weighted by Crippen LogP contribution is -2.38. The van der Waals surface area contributed by atoms with Crippen molar-refractivity contribution in [3.05, 3.63) is 12.2 Å².